The summed E-state index contributed by atoms with van der Waals surface area (Å²) in [6, 6.07) is 1.45. The fraction of sp³-hybridized carbons (Fsp3) is 0.857. The number of likely N-dealkylation sites (tertiary alicyclic amines) is 1. The Kier molecular flexibility index (Phi) is 5.60. The van der Waals surface area contributed by atoms with Gasteiger partial charge in [0.2, 0.25) is 5.89 Å². The van der Waals surface area contributed by atoms with Crippen LogP contribution in [-0.2, 0) is 6.54 Å². The van der Waals surface area contributed by atoms with Crippen molar-refractivity contribution >= 4 is 12.4 Å². The molecule has 0 aromatic carbocycles. The predicted molar refractivity (Wildman–Crippen MR) is 83.5 cm³/mol. The molecular weight excluding hydrogens is 290 g/mol. The van der Waals surface area contributed by atoms with Crippen LogP contribution in [0.3, 0.4) is 0 Å². The highest BCUT2D eigenvalue weighted by Crippen LogP contribution is 2.25. The number of nitrogens with one attached hydrogen (secondary N) is 1. The fourth-order valence-electron chi connectivity index (χ4n) is 3.28. The molecule has 21 heavy (non-hydrogen) atoms. The largest absolute Gasteiger partial charge is 0.338 e. The van der Waals surface area contributed by atoms with Crippen LogP contribution in [0.4, 0.5) is 0 Å². The lowest BCUT2D eigenvalue weighted by Crippen LogP contribution is -2.44. The Labute approximate surface area is 132 Å². The van der Waals surface area contributed by atoms with Crippen molar-refractivity contribution in [2.75, 3.05) is 26.7 Å². The zero-order valence-electron chi connectivity index (χ0n) is 13.1. The molecule has 2 aliphatic heterocycles. The highest BCUT2D eigenvalue weighted by molar-refractivity contribution is 5.85. The first kappa shape index (κ1) is 16.7. The Morgan fingerprint density at radius 2 is 2.00 bits per heavy atom. The monoisotopic (exact) mass is 315 g/mol. The molecule has 0 amide bonds. The van der Waals surface area contributed by atoms with Gasteiger partial charge >= 0.3 is 0 Å². The molecule has 3 atom stereocenters. The topological polar surface area (TPSA) is 57.4 Å². The van der Waals surface area contributed by atoms with E-state index in [2.05, 4.69) is 46.2 Å². The molecule has 0 radical (unpaired) electrons. The van der Waals surface area contributed by atoms with Gasteiger partial charge < -0.3 is 9.84 Å². The summed E-state index contributed by atoms with van der Waals surface area (Å²) in [5.74, 6) is 1.56. The van der Waals surface area contributed by atoms with Gasteiger partial charge in [-0.2, -0.15) is 4.98 Å². The van der Waals surface area contributed by atoms with Crippen molar-refractivity contribution in [3.05, 3.63) is 11.7 Å². The molecule has 2 saturated heterocycles. The average Bonchev–Trinajstić information content (AvgIpc) is 3.02. The first-order valence-corrected chi connectivity index (χ1v) is 7.64. The van der Waals surface area contributed by atoms with E-state index in [1.807, 2.05) is 0 Å². The molecule has 0 bridgehead atoms. The van der Waals surface area contributed by atoms with E-state index in [0.29, 0.717) is 12.1 Å². The van der Waals surface area contributed by atoms with E-state index in [-0.39, 0.29) is 18.4 Å². The van der Waals surface area contributed by atoms with E-state index in [4.69, 9.17) is 4.52 Å². The second kappa shape index (κ2) is 7.05. The van der Waals surface area contributed by atoms with Gasteiger partial charge in [-0.25, -0.2) is 0 Å². The number of halogens is 1. The molecule has 6 nitrogen and oxygen atoms in total. The number of hydrogen-bond acceptors (Lipinski definition) is 6. The molecule has 7 heteroatoms. The summed E-state index contributed by atoms with van der Waals surface area (Å²) in [6.45, 7) is 8.28. The van der Waals surface area contributed by atoms with Crippen LogP contribution in [0.2, 0.25) is 0 Å². The van der Waals surface area contributed by atoms with Crippen molar-refractivity contribution in [2.45, 2.75) is 51.4 Å². The van der Waals surface area contributed by atoms with Crippen LogP contribution in [0.25, 0.3) is 0 Å². The van der Waals surface area contributed by atoms with Gasteiger partial charge in [0.15, 0.2) is 5.82 Å². The van der Waals surface area contributed by atoms with Gasteiger partial charge in [-0.1, -0.05) is 5.16 Å². The summed E-state index contributed by atoms with van der Waals surface area (Å²) in [5, 5.41) is 7.57. The first-order chi connectivity index (χ1) is 9.65. The minimum absolute atomic E-state index is 0. The third-order valence-electron chi connectivity index (χ3n) is 4.75. The number of aromatic nitrogens is 2. The molecule has 0 saturated carbocycles. The van der Waals surface area contributed by atoms with Crippen molar-refractivity contribution in [3.63, 3.8) is 0 Å². The molecule has 1 aromatic rings. The summed E-state index contributed by atoms with van der Waals surface area (Å²) in [7, 11) is 2.12. The van der Waals surface area contributed by atoms with E-state index in [9.17, 15) is 0 Å². The van der Waals surface area contributed by atoms with Crippen LogP contribution in [0.5, 0.6) is 0 Å². The Bertz CT molecular complexity index is 444. The molecule has 3 unspecified atom stereocenters. The van der Waals surface area contributed by atoms with E-state index in [1.54, 1.807) is 0 Å². The fourth-order valence-corrected chi connectivity index (χ4v) is 3.28. The van der Waals surface area contributed by atoms with Gasteiger partial charge in [0.1, 0.15) is 0 Å². The van der Waals surface area contributed by atoms with Crippen molar-refractivity contribution in [2.24, 2.45) is 0 Å². The summed E-state index contributed by atoms with van der Waals surface area (Å²) in [6.07, 6.45) is 2.52. The SMILES string of the molecule is CC1CCC(C)N1Cc1nc(C2CNCCN2C)no1.Cl. The third kappa shape index (κ3) is 3.56. The van der Waals surface area contributed by atoms with Crippen LogP contribution >= 0.6 is 12.4 Å². The maximum atomic E-state index is 5.47. The van der Waals surface area contributed by atoms with E-state index in [0.717, 1.165) is 37.9 Å². The van der Waals surface area contributed by atoms with E-state index < -0.39 is 0 Å². The summed E-state index contributed by atoms with van der Waals surface area (Å²) >= 11 is 0. The van der Waals surface area contributed by atoms with Crippen molar-refractivity contribution in [1.29, 1.82) is 0 Å². The lowest BCUT2D eigenvalue weighted by Gasteiger charge is -2.30. The quantitative estimate of drug-likeness (QED) is 0.911. The predicted octanol–water partition coefficient (Wildman–Crippen LogP) is 1.44. The molecule has 2 fully saturated rings. The summed E-state index contributed by atoms with van der Waals surface area (Å²) in [5.41, 5.74) is 0. The van der Waals surface area contributed by atoms with Gasteiger partial charge in [0, 0.05) is 31.7 Å². The van der Waals surface area contributed by atoms with Gasteiger partial charge in [0.25, 0.3) is 0 Å². The molecule has 1 aromatic heterocycles. The maximum Gasteiger partial charge on any atom is 0.240 e. The molecule has 2 aliphatic rings. The van der Waals surface area contributed by atoms with Gasteiger partial charge in [0.05, 0.1) is 12.6 Å². The van der Waals surface area contributed by atoms with Crippen LogP contribution < -0.4 is 5.32 Å². The Morgan fingerprint density at radius 3 is 2.67 bits per heavy atom. The number of rotatable bonds is 3. The van der Waals surface area contributed by atoms with Crippen molar-refractivity contribution < 1.29 is 4.52 Å². The maximum absolute atomic E-state index is 5.47. The third-order valence-corrected chi connectivity index (χ3v) is 4.75. The smallest absolute Gasteiger partial charge is 0.240 e. The van der Waals surface area contributed by atoms with Gasteiger partial charge in [-0.05, 0) is 33.7 Å². The Balaban J connectivity index is 0.00000161. The second-order valence-electron chi connectivity index (χ2n) is 6.19. The average molecular weight is 316 g/mol. The highest BCUT2D eigenvalue weighted by atomic mass is 35.5. The minimum Gasteiger partial charge on any atom is -0.338 e. The number of nitrogens with zero attached hydrogens (tertiary/aromatic N) is 4. The summed E-state index contributed by atoms with van der Waals surface area (Å²) in [4.78, 5) is 9.36. The number of hydrogen-bond donors (Lipinski definition) is 1. The van der Waals surface area contributed by atoms with Crippen LogP contribution in [0.1, 0.15) is 44.4 Å². The molecule has 3 rings (SSSR count). The number of piperazine rings is 1. The van der Waals surface area contributed by atoms with E-state index >= 15 is 0 Å². The van der Waals surface area contributed by atoms with Crippen LogP contribution in [0, 0.1) is 0 Å². The van der Waals surface area contributed by atoms with E-state index in [1.165, 1.54) is 12.8 Å². The normalized spacial score (nSPS) is 31.3. The van der Waals surface area contributed by atoms with Gasteiger partial charge in [-0.15, -0.1) is 12.4 Å². The Hall–Kier alpha value is -0.690. The molecular formula is C14H26ClN5O. The molecule has 3 heterocycles. The standard InChI is InChI=1S/C14H25N5O.ClH/c1-10-4-5-11(2)19(10)9-13-16-14(17-20-13)12-8-15-6-7-18(12)3;/h10-12,15H,4-9H2,1-3H3;1H. The minimum atomic E-state index is 0. The van der Waals surface area contributed by atoms with Crippen LogP contribution in [0.15, 0.2) is 4.52 Å². The Morgan fingerprint density at radius 1 is 1.29 bits per heavy atom. The van der Waals surface area contributed by atoms with Crippen molar-refractivity contribution in [1.82, 2.24) is 25.3 Å². The lowest BCUT2D eigenvalue weighted by molar-refractivity contribution is 0.176. The first-order valence-electron chi connectivity index (χ1n) is 7.64. The molecule has 120 valence electrons. The molecule has 0 aliphatic carbocycles. The molecule has 0 spiro atoms. The highest BCUT2D eigenvalue weighted by Gasteiger charge is 2.30. The van der Waals surface area contributed by atoms with Crippen LogP contribution in [-0.4, -0.2) is 58.7 Å². The van der Waals surface area contributed by atoms with Crippen molar-refractivity contribution in [3.8, 4) is 0 Å². The number of likely N-dealkylation sites (N-methyl/N-ethyl adjacent to an activating group) is 1. The molecule has 1 N–H and O–H groups in total. The second-order valence-corrected chi connectivity index (χ2v) is 6.19. The summed E-state index contributed by atoms with van der Waals surface area (Å²) < 4.78 is 5.47. The van der Waals surface area contributed by atoms with Gasteiger partial charge in [-0.3, -0.25) is 9.80 Å². The lowest BCUT2D eigenvalue weighted by atomic mass is 10.2. The zero-order chi connectivity index (χ0) is 14.1. The zero-order valence-corrected chi connectivity index (χ0v) is 13.9.